The van der Waals surface area contributed by atoms with Crippen molar-refractivity contribution in [2.45, 2.75) is 46.0 Å². The Morgan fingerprint density at radius 1 is 1.17 bits per heavy atom. The van der Waals surface area contributed by atoms with E-state index in [0.717, 1.165) is 11.3 Å². The third-order valence-electron chi connectivity index (χ3n) is 5.14. The standard InChI is InChI=1S/C12H20/c1-3-12(2)6-8(7-12)11-9-4-5-10(9)11/h8-11H,3-7H2,1-2H3. The summed E-state index contributed by atoms with van der Waals surface area (Å²) in [5.74, 6) is 4.81. The maximum atomic E-state index is 2.48. The molecule has 0 aromatic heterocycles. The van der Waals surface area contributed by atoms with E-state index in [0.29, 0.717) is 0 Å². The van der Waals surface area contributed by atoms with Crippen LogP contribution in [-0.4, -0.2) is 0 Å². The first kappa shape index (κ1) is 7.41. The van der Waals surface area contributed by atoms with Gasteiger partial charge in [-0.15, -0.1) is 0 Å². The van der Waals surface area contributed by atoms with Crippen LogP contribution in [0.25, 0.3) is 0 Å². The third kappa shape index (κ3) is 0.791. The summed E-state index contributed by atoms with van der Waals surface area (Å²) in [5.41, 5.74) is 0.757. The molecule has 0 amide bonds. The summed E-state index contributed by atoms with van der Waals surface area (Å²) >= 11 is 0. The van der Waals surface area contributed by atoms with Crippen molar-refractivity contribution >= 4 is 0 Å². The number of rotatable bonds is 2. The molecule has 3 aliphatic carbocycles. The Morgan fingerprint density at radius 2 is 1.75 bits per heavy atom. The molecule has 0 saturated heterocycles. The van der Waals surface area contributed by atoms with Crippen LogP contribution in [0.15, 0.2) is 0 Å². The molecule has 3 saturated carbocycles. The van der Waals surface area contributed by atoms with Gasteiger partial charge in [-0.2, -0.15) is 0 Å². The van der Waals surface area contributed by atoms with E-state index in [4.69, 9.17) is 0 Å². The third-order valence-corrected chi connectivity index (χ3v) is 5.14. The van der Waals surface area contributed by atoms with E-state index >= 15 is 0 Å². The maximum absolute atomic E-state index is 2.48. The van der Waals surface area contributed by atoms with Gasteiger partial charge >= 0.3 is 0 Å². The van der Waals surface area contributed by atoms with Gasteiger partial charge in [-0.05, 0) is 54.8 Å². The lowest BCUT2D eigenvalue weighted by molar-refractivity contribution is 0.0518. The second kappa shape index (κ2) is 2.08. The minimum atomic E-state index is 0.757. The van der Waals surface area contributed by atoms with Gasteiger partial charge in [0.1, 0.15) is 0 Å². The maximum Gasteiger partial charge on any atom is -0.0323 e. The summed E-state index contributed by atoms with van der Waals surface area (Å²) < 4.78 is 0. The second-order valence-corrected chi connectivity index (χ2v) is 5.81. The minimum Gasteiger partial charge on any atom is -0.0649 e. The van der Waals surface area contributed by atoms with Crippen molar-refractivity contribution in [1.29, 1.82) is 0 Å². The van der Waals surface area contributed by atoms with Crippen molar-refractivity contribution < 1.29 is 0 Å². The fourth-order valence-corrected chi connectivity index (χ4v) is 3.88. The van der Waals surface area contributed by atoms with Gasteiger partial charge in [0.15, 0.2) is 0 Å². The van der Waals surface area contributed by atoms with Gasteiger partial charge in [0.05, 0.1) is 0 Å². The number of hydrogen-bond donors (Lipinski definition) is 0. The summed E-state index contributed by atoms with van der Waals surface area (Å²) in [6, 6.07) is 0. The largest absolute Gasteiger partial charge is 0.0649 e. The lowest BCUT2D eigenvalue weighted by Gasteiger charge is -2.45. The monoisotopic (exact) mass is 164 g/mol. The molecule has 0 aromatic rings. The van der Waals surface area contributed by atoms with Crippen molar-refractivity contribution in [3.8, 4) is 0 Å². The van der Waals surface area contributed by atoms with Crippen molar-refractivity contribution in [3.05, 3.63) is 0 Å². The second-order valence-electron chi connectivity index (χ2n) is 5.81. The summed E-state index contributed by atoms with van der Waals surface area (Å²) in [5, 5.41) is 0. The van der Waals surface area contributed by atoms with E-state index in [9.17, 15) is 0 Å². The van der Waals surface area contributed by atoms with Crippen LogP contribution in [0.3, 0.4) is 0 Å². The molecular weight excluding hydrogens is 144 g/mol. The zero-order chi connectivity index (χ0) is 8.34. The summed E-state index contributed by atoms with van der Waals surface area (Å²) in [6.07, 6.45) is 7.68. The zero-order valence-corrected chi connectivity index (χ0v) is 8.34. The molecule has 0 spiro atoms. The summed E-state index contributed by atoms with van der Waals surface area (Å²) in [4.78, 5) is 0. The SMILES string of the molecule is CCC1(C)CC(C2C3CCC32)C1. The Morgan fingerprint density at radius 3 is 2.17 bits per heavy atom. The Hall–Kier alpha value is 0. The van der Waals surface area contributed by atoms with Crippen LogP contribution in [0.1, 0.15) is 46.0 Å². The van der Waals surface area contributed by atoms with Crippen molar-refractivity contribution in [2.75, 3.05) is 0 Å². The Bertz CT molecular complexity index is 190. The van der Waals surface area contributed by atoms with Crippen LogP contribution in [0.5, 0.6) is 0 Å². The van der Waals surface area contributed by atoms with Crippen molar-refractivity contribution in [3.63, 3.8) is 0 Å². The van der Waals surface area contributed by atoms with E-state index in [1.807, 2.05) is 0 Å². The van der Waals surface area contributed by atoms with E-state index in [1.54, 1.807) is 25.7 Å². The van der Waals surface area contributed by atoms with Crippen LogP contribution < -0.4 is 0 Å². The van der Waals surface area contributed by atoms with Crippen molar-refractivity contribution in [1.82, 2.24) is 0 Å². The average Bonchev–Trinajstić information content (AvgIpc) is 2.45. The minimum absolute atomic E-state index is 0.757. The van der Waals surface area contributed by atoms with Crippen LogP contribution >= 0.6 is 0 Å². The molecule has 0 bridgehead atoms. The van der Waals surface area contributed by atoms with Gasteiger partial charge in [-0.1, -0.05) is 20.3 Å². The molecule has 3 aliphatic rings. The first-order valence-electron chi connectivity index (χ1n) is 5.73. The van der Waals surface area contributed by atoms with E-state index in [1.165, 1.54) is 24.2 Å². The fraction of sp³-hybridized carbons (Fsp3) is 1.00. The molecule has 68 valence electrons. The first-order chi connectivity index (χ1) is 5.73. The van der Waals surface area contributed by atoms with Gasteiger partial charge < -0.3 is 0 Å². The lowest BCUT2D eigenvalue weighted by Crippen LogP contribution is -2.35. The average molecular weight is 164 g/mol. The van der Waals surface area contributed by atoms with Gasteiger partial charge in [-0.3, -0.25) is 0 Å². The van der Waals surface area contributed by atoms with Crippen LogP contribution in [0.4, 0.5) is 0 Å². The Kier molecular flexibility index (Phi) is 1.28. The van der Waals surface area contributed by atoms with Crippen LogP contribution in [-0.2, 0) is 0 Å². The molecule has 0 nitrogen and oxygen atoms in total. The molecule has 0 aromatic carbocycles. The van der Waals surface area contributed by atoms with Gasteiger partial charge in [-0.25, -0.2) is 0 Å². The molecule has 0 radical (unpaired) electrons. The van der Waals surface area contributed by atoms with E-state index < -0.39 is 0 Å². The molecular formula is C12H20. The highest BCUT2D eigenvalue weighted by atomic mass is 14.7. The van der Waals surface area contributed by atoms with E-state index in [-0.39, 0.29) is 0 Å². The quantitative estimate of drug-likeness (QED) is 0.586. The molecule has 3 rings (SSSR count). The van der Waals surface area contributed by atoms with Crippen molar-refractivity contribution in [2.24, 2.45) is 29.1 Å². The zero-order valence-electron chi connectivity index (χ0n) is 8.34. The predicted octanol–water partition coefficient (Wildman–Crippen LogP) is 3.47. The molecule has 0 aliphatic heterocycles. The lowest BCUT2D eigenvalue weighted by atomic mass is 9.60. The predicted molar refractivity (Wildman–Crippen MR) is 50.8 cm³/mol. The Labute approximate surface area is 75.7 Å². The molecule has 0 heterocycles. The van der Waals surface area contributed by atoms with E-state index in [2.05, 4.69) is 13.8 Å². The molecule has 0 N–H and O–H groups in total. The summed E-state index contributed by atoms with van der Waals surface area (Å²) in [6.45, 7) is 4.84. The van der Waals surface area contributed by atoms with Gasteiger partial charge in [0.2, 0.25) is 0 Å². The van der Waals surface area contributed by atoms with Crippen LogP contribution in [0.2, 0.25) is 0 Å². The molecule has 0 heteroatoms. The highest BCUT2D eigenvalue weighted by molar-refractivity contribution is 5.11. The Balaban J connectivity index is 1.57. The van der Waals surface area contributed by atoms with Crippen LogP contribution in [0, 0.1) is 29.1 Å². The smallest absolute Gasteiger partial charge is 0.0323 e. The summed E-state index contributed by atoms with van der Waals surface area (Å²) in [7, 11) is 0. The molecule has 2 unspecified atom stereocenters. The molecule has 3 fully saturated rings. The van der Waals surface area contributed by atoms with Gasteiger partial charge in [0.25, 0.3) is 0 Å². The normalized spacial score (nSPS) is 61.5. The topological polar surface area (TPSA) is 0 Å². The first-order valence-corrected chi connectivity index (χ1v) is 5.73. The fourth-order valence-electron chi connectivity index (χ4n) is 3.88. The molecule has 2 atom stereocenters. The molecule has 12 heavy (non-hydrogen) atoms. The highest BCUT2D eigenvalue weighted by Gasteiger charge is 2.62. The number of fused-ring (bicyclic) bond motifs is 1. The number of hydrogen-bond acceptors (Lipinski definition) is 0. The van der Waals surface area contributed by atoms with Gasteiger partial charge in [0, 0.05) is 0 Å². The highest BCUT2D eigenvalue weighted by Crippen LogP contribution is 2.69.